The molecular weight excluding hydrogens is 366 g/mol. The molecule has 0 aromatic carbocycles. The fourth-order valence-corrected chi connectivity index (χ4v) is 5.61. The van der Waals surface area contributed by atoms with Gasteiger partial charge in [0.25, 0.3) is 5.91 Å². The third kappa shape index (κ3) is 4.24. The molecule has 2 aromatic rings. The van der Waals surface area contributed by atoms with Crippen molar-refractivity contribution in [2.75, 3.05) is 18.4 Å². The minimum Gasteiger partial charge on any atom is -0.381 e. The summed E-state index contributed by atoms with van der Waals surface area (Å²) in [6.07, 6.45) is 9.12. The van der Waals surface area contributed by atoms with E-state index in [1.54, 1.807) is 17.5 Å². The van der Waals surface area contributed by atoms with Gasteiger partial charge in [0.1, 0.15) is 0 Å². The van der Waals surface area contributed by atoms with Crippen LogP contribution in [0.3, 0.4) is 0 Å². The van der Waals surface area contributed by atoms with Crippen molar-refractivity contribution in [1.29, 1.82) is 0 Å². The first-order chi connectivity index (χ1) is 13.4. The Morgan fingerprint density at radius 2 is 2.04 bits per heavy atom. The van der Waals surface area contributed by atoms with Crippen LogP contribution in [0.1, 0.15) is 60.1 Å². The molecule has 2 aliphatic rings. The lowest BCUT2D eigenvalue weighted by Crippen LogP contribution is -2.42. The van der Waals surface area contributed by atoms with Crippen molar-refractivity contribution in [3.63, 3.8) is 0 Å². The zero-order chi connectivity index (χ0) is 19.7. The SMILES string of the molecule is CC(C)(C)C1CCc2sc(C(=O)N3CCC(Nc4cccnc4)CC3)cc2C1. The number of hydrogen-bond donors (Lipinski definition) is 1. The minimum atomic E-state index is 0.228. The van der Waals surface area contributed by atoms with Gasteiger partial charge in [-0.25, -0.2) is 0 Å². The fourth-order valence-electron chi connectivity index (χ4n) is 4.43. The van der Waals surface area contributed by atoms with E-state index in [0.29, 0.717) is 17.4 Å². The molecule has 4 nitrogen and oxygen atoms in total. The number of hydrogen-bond acceptors (Lipinski definition) is 4. The number of amides is 1. The molecule has 0 radical (unpaired) electrons. The largest absolute Gasteiger partial charge is 0.381 e. The molecule has 1 aliphatic carbocycles. The predicted octanol–water partition coefficient (Wildman–Crippen LogP) is 5.01. The maximum atomic E-state index is 13.1. The van der Waals surface area contributed by atoms with E-state index in [0.717, 1.165) is 49.3 Å². The Bertz CT molecular complexity index is 816. The number of fused-ring (bicyclic) bond motifs is 1. The van der Waals surface area contributed by atoms with Crippen molar-refractivity contribution >= 4 is 22.9 Å². The summed E-state index contributed by atoms with van der Waals surface area (Å²) in [5.41, 5.74) is 2.83. The minimum absolute atomic E-state index is 0.228. The van der Waals surface area contributed by atoms with Gasteiger partial charge in [0.2, 0.25) is 0 Å². The quantitative estimate of drug-likeness (QED) is 0.792. The number of nitrogens with one attached hydrogen (secondary N) is 1. The highest BCUT2D eigenvalue weighted by Gasteiger charge is 2.31. The number of carbonyl (C=O) groups is 1. The van der Waals surface area contributed by atoms with Crippen molar-refractivity contribution in [3.8, 4) is 0 Å². The molecule has 1 aliphatic heterocycles. The zero-order valence-electron chi connectivity index (χ0n) is 17.2. The number of rotatable bonds is 3. The number of anilines is 1. The number of aryl methyl sites for hydroxylation is 1. The summed E-state index contributed by atoms with van der Waals surface area (Å²) in [6.45, 7) is 8.66. The maximum absolute atomic E-state index is 13.1. The summed E-state index contributed by atoms with van der Waals surface area (Å²) in [4.78, 5) is 21.7. The first kappa shape index (κ1) is 19.4. The summed E-state index contributed by atoms with van der Waals surface area (Å²) < 4.78 is 0. The second-order valence-electron chi connectivity index (χ2n) is 9.32. The Morgan fingerprint density at radius 1 is 1.25 bits per heavy atom. The molecule has 5 heteroatoms. The highest BCUT2D eigenvalue weighted by molar-refractivity contribution is 7.14. The van der Waals surface area contributed by atoms with Gasteiger partial charge >= 0.3 is 0 Å². The molecule has 2 aromatic heterocycles. The second-order valence-corrected chi connectivity index (χ2v) is 10.5. The molecule has 28 heavy (non-hydrogen) atoms. The summed E-state index contributed by atoms with van der Waals surface area (Å²) in [5.74, 6) is 0.943. The number of pyridine rings is 1. The van der Waals surface area contributed by atoms with Gasteiger partial charge in [-0.2, -0.15) is 0 Å². The first-order valence-electron chi connectivity index (χ1n) is 10.5. The molecule has 1 fully saturated rings. The third-order valence-corrected chi connectivity index (χ3v) is 7.56. The van der Waals surface area contributed by atoms with E-state index in [1.165, 1.54) is 16.9 Å². The Morgan fingerprint density at radius 3 is 2.71 bits per heavy atom. The van der Waals surface area contributed by atoms with Crippen LogP contribution in [0, 0.1) is 11.3 Å². The number of aromatic nitrogens is 1. The normalized spacial score (nSPS) is 20.7. The van der Waals surface area contributed by atoms with Crippen LogP contribution in [-0.4, -0.2) is 34.9 Å². The smallest absolute Gasteiger partial charge is 0.263 e. The lowest BCUT2D eigenvalue weighted by atomic mass is 9.72. The van der Waals surface area contributed by atoms with Crippen LogP contribution in [0.5, 0.6) is 0 Å². The summed E-state index contributed by atoms with van der Waals surface area (Å²) in [5, 5.41) is 3.54. The van der Waals surface area contributed by atoms with Crippen LogP contribution in [-0.2, 0) is 12.8 Å². The lowest BCUT2D eigenvalue weighted by molar-refractivity contribution is 0.0723. The molecule has 1 N–H and O–H groups in total. The highest BCUT2D eigenvalue weighted by atomic mass is 32.1. The van der Waals surface area contributed by atoms with Crippen molar-refractivity contribution in [2.45, 2.75) is 58.9 Å². The van der Waals surface area contributed by atoms with Crippen LogP contribution in [0.4, 0.5) is 5.69 Å². The van der Waals surface area contributed by atoms with Crippen LogP contribution >= 0.6 is 11.3 Å². The zero-order valence-corrected chi connectivity index (χ0v) is 18.0. The van der Waals surface area contributed by atoms with Crippen molar-refractivity contribution in [3.05, 3.63) is 45.9 Å². The van der Waals surface area contributed by atoms with Crippen molar-refractivity contribution in [1.82, 2.24) is 9.88 Å². The monoisotopic (exact) mass is 397 g/mol. The topological polar surface area (TPSA) is 45.2 Å². The van der Waals surface area contributed by atoms with E-state index in [4.69, 9.17) is 0 Å². The van der Waals surface area contributed by atoms with Gasteiger partial charge in [-0.15, -0.1) is 11.3 Å². The summed E-state index contributed by atoms with van der Waals surface area (Å²) in [7, 11) is 0. The van der Waals surface area contributed by atoms with Crippen LogP contribution < -0.4 is 5.32 Å². The number of piperidine rings is 1. The van der Waals surface area contributed by atoms with Gasteiger partial charge in [-0.05, 0) is 67.2 Å². The molecule has 1 unspecified atom stereocenters. The number of likely N-dealkylation sites (tertiary alicyclic amines) is 1. The van der Waals surface area contributed by atoms with Gasteiger partial charge in [-0.3, -0.25) is 9.78 Å². The van der Waals surface area contributed by atoms with Crippen molar-refractivity contribution < 1.29 is 4.79 Å². The Balaban J connectivity index is 1.35. The lowest BCUT2D eigenvalue weighted by Gasteiger charge is -2.33. The van der Waals surface area contributed by atoms with Crippen molar-refractivity contribution in [2.24, 2.45) is 11.3 Å². The van der Waals surface area contributed by atoms with E-state index in [9.17, 15) is 4.79 Å². The predicted molar refractivity (Wildman–Crippen MR) is 116 cm³/mol. The van der Waals surface area contributed by atoms with E-state index in [2.05, 4.69) is 37.1 Å². The summed E-state index contributed by atoms with van der Waals surface area (Å²) in [6, 6.07) is 6.60. The molecule has 0 spiro atoms. The third-order valence-electron chi connectivity index (χ3n) is 6.33. The number of thiophene rings is 1. The number of carbonyl (C=O) groups excluding carboxylic acids is 1. The molecular formula is C23H31N3OS. The molecule has 1 amide bonds. The average Bonchev–Trinajstić information content (AvgIpc) is 3.11. The molecule has 3 heterocycles. The van der Waals surface area contributed by atoms with E-state index in [-0.39, 0.29) is 5.91 Å². The van der Waals surface area contributed by atoms with Gasteiger partial charge in [0.15, 0.2) is 0 Å². The molecule has 1 atom stereocenters. The van der Waals surface area contributed by atoms with Crippen LogP contribution in [0.15, 0.2) is 30.6 Å². The van der Waals surface area contributed by atoms with Crippen LogP contribution in [0.25, 0.3) is 0 Å². The Labute approximate surface area is 172 Å². The molecule has 0 saturated carbocycles. The number of nitrogens with zero attached hydrogens (tertiary/aromatic N) is 2. The Kier molecular flexibility index (Phi) is 5.46. The average molecular weight is 398 g/mol. The summed E-state index contributed by atoms with van der Waals surface area (Å²) >= 11 is 1.74. The van der Waals surface area contributed by atoms with Gasteiger partial charge < -0.3 is 10.2 Å². The molecule has 4 rings (SSSR count). The van der Waals surface area contributed by atoms with Gasteiger partial charge in [-0.1, -0.05) is 20.8 Å². The highest BCUT2D eigenvalue weighted by Crippen LogP contribution is 2.40. The van der Waals surface area contributed by atoms with E-state index < -0.39 is 0 Å². The van der Waals surface area contributed by atoms with E-state index in [1.807, 2.05) is 23.2 Å². The molecule has 1 saturated heterocycles. The molecule has 0 bridgehead atoms. The second kappa shape index (κ2) is 7.86. The first-order valence-corrected chi connectivity index (χ1v) is 11.3. The van der Waals surface area contributed by atoms with Gasteiger partial charge in [0, 0.05) is 36.4 Å². The maximum Gasteiger partial charge on any atom is 0.263 e. The fraction of sp³-hybridized carbons (Fsp3) is 0.565. The Hall–Kier alpha value is -1.88. The standard InChI is InChI=1S/C23H31N3OS/c1-23(2,3)17-6-7-20-16(13-17)14-21(28-20)22(27)26-11-8-18(9-12-26)25-19-5-4-10-24-15-19/h4-5,10,14-15,17-18,25H,6-9,11-13H2,1-3H3. The van der Waals surface area contributed by atoms with Gasteiger partial charge in [0.05, 0.1) is 10.6 Å². The van der Waals surface area contributed by atoms with Crippen LogP contribution in [0.2, 0.25) is 0 Å². The van der Waals surface area contributed by atoms with E-state index >= 15 is 0 Å². The molecule has 150 valence electrons.